The summed E-state index contributed by atoms with van der Waals surface area (Å²) in [6.45, 7) is 3.65. The Balaban J connectivity index is 3.92. The van der Waals surface area contributed by atoms with E-state index >= 15 is 0 Å². The predicted molar refractivity (Wildman–Crippen MR) is 376 cm³/mol. The van der Waals surface area contributed by atoms with E-state index < -0.39 is 26.5 Å². The van der Waals surface area contributed by atoms with Crippen molar-refractivity contribution >= 4 is 19.8 Å². The molecule has 0 fully saturated rings. The molecule has 0 spiro atoms. The van der Waals surface area contributed by atoms with Gasteiger partial charge in [0.05, 0.1) is 13.2 Å². The van der Waals surface area contributed by atoms with Crippen LogP contribution in [-0.2, 0) is 32.7 Å². The molecule has 0 aromatic heterocycles. The van der Waals surface area contributed by atoms with E-state index in [1.807, 2.05) is 0 Å². The van der Waals surface area contributed by atoms with Gasteiger partial charge in [0.1, 0.15) is 6.61 Å². The molecule has 0 aliphatic carbocycles. The van der Waals surface area contributed by atoms with E-state index in [0.29, 0.717) is 6.42 Å². The minimum atomic E-state index is -4.40. The van der Waals surface area contributed by atoms with Gasteiger partial charge in [0.25, 0.3) is 0 Å². The number of carbonyl (C=O) groups excluding carboxylic acids is 2. The molecular weight excluding hydrogens is 1100 g/mol. The van der Waals surface area contributed by atoms with Gasteiger partial charge < -0.3 is 20.1 Å². The molecule has 2 unspecified atom stereocenters. The quantitative estimate of drug-likeness (QED) is 0.0264. The molecule has 0 aliphatic rings. The molecule has 0 amide bonds. The van der Waals surface area contributed by atoms with E-state index in [-0.39, 0.29) is 38.6 Å². The lowest BCUT2D eigenvalue weighted by Crippen LogP contribution is -2.29. The third-order valence-corrected chi connectivity index (χ3v) is 16.3. The first-order valence-corrected chi connectivity index (χ1v) is 37.5. The van der Waals surface area contributed by atoms with Crippen molar-refractivity contribution < 1.29 is 37.6 Å². The molecular formula is C77H134NO8P. The molecule has 10 heteroatoms. The largest absolute Gasteiger partial charge is 0.472 e. The summed E-state index contributed by atoms with van der Waals surface area (Å²) in [6, 6.07) is 0. The fourth-order valence-electron chi connectivity index (χ4n) is 10.0. The van der Waals surface area contributed by atoms with E-state index in [4.69, 9.17) is 24.3 Å². The van der Waals surface area contributed by atoms with Crippen LogP contribution in [0.5, 0.6) is 0 Å². The summed E-state index contributed by atoms with van der Waals surface area (Å²) in [5.41, 5.74) is 5.40. The summed E-state index contributed by atoms with van der Waals surface area (Å²) in [5, 5.41) is 0. The lowest BCUT2D eigenvalue weighted by Gasteiger charge is -2.19. The number of unbranched alkanes of at least 4 members (excludes halogenated alkanes) is 34. The van der Waals surface area contributed by atoms with Crippen LogP contribution in [-0.4, -0.2) is 49.3 Å². The van der Waals surface area contributed by atoms with Crippen LogP contribution in [0, 0.1) is 0 Å². The summed E-state index contributed by atoms with van der Waals surface area (Å²) in [4.78, 5) is 35.4. The molecule has 9 nitrogen and oxygen atoms in total. The van der Waals surface area contributed by atoms with Crippen LogP contribution in [0.25, 0.3) is 0 Å². The Kier molecular flexibility index (Phi) is 68.5. The van der Waals surface area contributed by atoms with Gasteiger partial charge in [0.2, 0.25) is 0 Å². The molecule has 3 N–H and O–H groups in total. The number of hydrogen-bond donors (Lipinski definition) is 2. The summed E-state index contributed by atoms with van der Waals surface area (Å²) < 4.78 is 33.2. The van der Waals surface area contributed by atoms with Crippen molar-refractivity contribution in [1.29, 1.82) is 0 Å². The first-order valence-electron chi connectivity index (χ1n) is 36.0. The Bertz CT molecular complexity index is 1840. The van der Waals surface area contributed by atoms with E-state index in [1.54, 1.807) is 0 Å². The first kappa shape index (κ1) is 83.4. The van der Waals surface area contributed by atoms with Crippen LogP contribution in [0.2, 0.25) is 0 Å². The molecule has 2 atom stereocenters. The molecule has 500 valence electrons. The summed E-state index contributed by atoms with van der Waals surface area (Å²) >= 11 is 0. The second-order valence-corrected chi connectivity index (χ2v) is 25.2. The van der Waals surface area contributed by atoms with Crippen LogP contribution >= 0.6 is 7.82 Å². The number of phosphoric acid groups is 1. The zero-order valence-electron chi connectivity index (χ0n) is 56.2. The fourth-order valence-corrected chi connectivity index (χ4v) is 10.8. The topological polar surface area (TPSA) is 134 Å². The van der Waals surface area contributed by atoms with Crippen LogP contribution in [0.1, 0.15) is 322 Å². The van der Waals surface area contributed by atoms with Crippen LogP contribution in [0.15, 0.2) is 122 Å². The number of phosphoric ester groups is 1. The normalized spacial score (nSPS) is 13.7. The Hall–Kier alpha value is -3.59. The van der Waals surface area contributed by atoms with Crippen molar-refractivity contribution in [1.82, 2.24) is 0 Å². The third-order valence-electron chi connectivity index (χ3n) is 15.3. The third kappa shape index (κ3) is 71.4. The SMILES string of the molecule is CC/C=C\C/C=C\C/C=C\C/C=C\C/C=C\C/C=C\C/C=C\C/C=C\C/C=C\CCCCCCCCCCCC(=O)OC(COC(=O)CCCCCCCCCCCCCCCCCCC/C=C\CCCCCCCCCC)COP(=O)(O)OCCN. The Morgan fingerprint density at radius 1 is 0.356 bits per heavy atom. The van der Waals surface area contributed by atoms with Crippen molar-refractivity contribution in [2.45, 2.75) is 328 Å². The average molecular weight is 1230 g/mol. The molecule has 0 aromatic carbocycles. The van der Waals surface area contributed by atoms with Crippen molar-refractivity contribution in [2.75, 3.05) is 26.4 Å². The standard InChI is InChI=1S/C77H134NO8P/c1-3-5-7-9-11-13-15-17-19-21-23-25-27-29-31-33-34-35-36-37-38-39-40-42-44-46-48-50-52-54-56-58-60-62-64-66-68-70-77(80)86-75(74-85-87(81,82)84-72-71-78)73-83-76(79)69-67-65-63-61-59-57-55-53-51-49-47-45-43-41-32-30-28-26-24-22-20-18-16-14-12-10-8-6-4-2/h5,7,11,13,17,19,22-25,29,31,34-35,37-38,40,42,46,48,75H,3-4,6,8-10,12,14-16,18,20-21,26-28,30,32-33,36,39,41,43-45,47,49-74,78H2,1-2H3,(H,81,82)/b7-5-,13-11-,19-17-,24-22-,25-23-,31-29-,35-34-,38-37-,42-40-,48-46-. The Labute approximate surface area is 536 Å². The van der Waals surface area contributed by atoms with Crippen molar-refractivity contribution in [3.8, 4) is 0 Å². The lowest BCUT2D eigenvalue weighted by molar-refractivity contribution is -0.161. The number of rotatable bonds is 67. The fraction of sp³-hybridized carbons (Fsp3) is 0.714. The minimum absolute atomic E-state index is 0.0483. The van der Waals surface area contributed by atoms with Gasteiger partial charge >= 0.3 is 19.8 Å². The van der Waals surface area contributed by atoms with Gasteiger partial charge in [-0.2, -0.15) is 0 Å². The maximum atomic E-state index is 12.8. The maximum Gasteiger partial charge on any atom is 0.472 e. The zero-order chi connectivity index (χ0) is 63.0. The molecule has 0 bridgehead atoms. The summed E-state index contributed by atoms with van der Waals surface area (Å²) in [7, 11) is -4.40. The number of ether oxygens (including phenoxy) is 2. The Morgan fingerprint density at radius 2 is 0.632 bits per heavy atom. The van der Waals surface area contributed by atoms with E-state index in [1.165, 1.54) is 186 Å². The smallest absolute Gasteiger partial charge is 0.462 e. The van der Waals surface area contributed by atoms with Crippen molar-refractivity contribution in [3.05, 3.63) is 122 Å². The molecule has 87 heavy (non-hydrogen) atoms. The van der Waals surface area contributed by atoms with Gasteiger partial charge in [-0.25, -0.2) is 4.57 Å². The molecule has 0 saturated heterocycles. The summed E-state index contributed by atoms with van der Waals surface area (Å²) in [5.74, 6) is -0.829. The summed E-state index contributed by atoms with van der Waals surface area (Å²) in [6.07, 6.45) is 100. The number of nitrogens with two attached hydrogens (primary N) is 1. The van der Waals surface area contributed by atoms with E-state index in [2.05, 4.69) is 135 Å². The highest BCUT2D eigenvalue weighted by molar-refractivity contribution is 7.47. The second-order valence-electron chi connectivity index (χ2n) is 23.7. The van der Waals surface area contributed by atoms with Gasteiger partial charge in [-0.1, -0.05) is 322 Å². The molecule has 0 rings (SSSR count). The maximum absolute atomic E-state index is 12.8. The van der Waals surface area contributed by atoms with Crippen molar-refractivity contribution in [2.24, 2.45) is 5.73 Å². The zero-order valence-corrected chi connectivity index (χ0v) is 57.1. The molecule has 0 aromatic rings. The average Bonchev–Trinajstić information content (AvgIpc) is 3.65. The van der Waals surface area contributed by atoms with Gasteiger partial charge in [0, 0.05) is 19.4 Å². The van der Waals surface area contributed by atoms with E-state index in [0.717, 1.165) is 103 Å². The monoisotopic (exact) mass is 1230 g/mol. The highest BCUT2D eigenvalue weighted by Gasteiger charge is 2.26. The first-order chi connectivity index (χ1) is 42.8. The molecule has 0 radical (unpaired) electrons. The minimum Gasteiger partial charge on any atom is -0.462 e. The van der Waals surface area contributed by atoms with Gasteiger partial charge in [-0.05, 0) is 109 Å². The van der Waals surface area contributed by atoms with Crippen LogP contribution in [0.4, 0.5) is 0 Å². The van der Waals surface area contributed by atoms with E-state index in [9.17, 15) is 19.0 Å². The highest BCUT2D eigenvalue weighted by atomic mass is 31.2. The van der Waals surface area contributed by atoms with Gasteiger partial charge in [-0.15, -0.1) is 0 Å². The van der Waals surface area contributed by atoms with Crippen LogP contribution in [0.3, 0.4) is 0 Å². The molecule has 0 saturated carbocycles. The second kappa shape index (κ2) is 71.5. The predicted octanol–water partition coefficient (Wildman–Crippen LogP) is 23.9. The molecule has 0 aliphatic heterocycles. The van der Waals surface area contributed by atoms with Gasteiger partial charge in [0.15, 0.2) is 6.10 Å². The number of carbonyl (C=O) groups is 2. The highest BCUT2D eigenvalue weighted by Crippen LogP contribution is 2.43. The number of hydrogen-bond acceptors (Lipinski definition) is 8. The van der Waals surface area contributed by atoms with Crippen molar-refractivity contribution in [3.63, 3.8) is 0 Å². The lowest BCUT2D eigenvalue weighted by atomic mass is 10.0. The number of allylic oxidation sites excluding steroid dienone is 20. The number of esters is 2. The Morgan fingerprint density at radius 3 is 0.954 bits per heavy atom. The van der Waals surface area contributed by atoms with Crippen LogP contribution < -0.4 is 5.73 Å². The molecule has 0 heterocycles. The van der Waals surface area contributed by atoms with Gasteiger partial charge in [-0.3, -0.25) is 18.6 Å².